The van der Waals surface area contributed by atoms with Crippen LogP contribution < -0.4 is 10.6 Å². The van der Waals surface area contributed by atoms with Gasteiger partial charge < -0.3 is 24.8 Å². The number of methoxy groups -OCH3 is 1. The highest BCUT2D eigenvalue weighted by molar-refractivity contribution is 6.06. The Balaban J connectivity index is 1.75. The van der Waals surface area contributed by atoms with E-state index in [1.165, 1.54) is 18.2 Å². The number of nitrogens with one attached hydrogen (secondary N) is 2. The van der Waals surface area contributed by atoms with Crippen molar-refractivity contribution in [2.45, 2.75) is 20.4 Å². The molecule has 0 spiro atoms. The van der Waals surface area contributed by atoms with Crippen LogP contribution in [-0.4, -0.2) is 59.6 Å². The quantitative estimate of drug-likeness (QED) is 0.252. The summed E-state index contributed by atoms with van der Waals surface area (Å²) in [6.07, 6.45) is 1.84. The van der Waals surface area contributed by atoms with E-state index in [9.17, 15) is 19.7 Å². The predicted molar refractivity (Wildman–Crippen MR) is 131 cm³/mol. The van der Waals surface area contributed by atoms with Gasteiger partial charge in [-0.3, -0.25) is 19.7 Å². The van der Waals surface area contributed by atoms with Crippen molar-refractivity contribution in [2.24, 2.45) is 0 Å². The summed E-state index contributed by atoms with van der Waals surface area (Å²) in [5.41, 5.74) is 1.73. The normalized spacial score (nSPS) is 10.8. The van der Waals surface area contributed by atoms with E-state index >= 15 is 0 Å². The molecule has 0 aliphatic rings. The minimum absolute atomic E-state index is 0.0432. The van der Waals surface area contributed by atoms with Crippen molar-refractivity contribution in [3.63, 3.8) is 0 Å². The largest absolute Gasteiger partial charge is 0.383 e. The summed E-state index contributed by atoms with van der Waals surface area (Å²) in [6, 6.07) is 11.6. The van der Waals surface area contributed by atoms with Crippen LogP contribution in [0.3, 0.4) is 0 Å². The molecule has 2 amide bonds. The van der Waals surface area contributed by atoms with Crippen LogP contribution in [0.15, 0.2) is 48.7 Å². The second kappa shape index (κ2) is 11.3. The highest BCUT2D eigenvalue weighted by atomic mass is 16.6. The Morgan fingerprint density at radius 3 is 2.56 bits per heavy atom. The Morgan fingerprint density at radius 1 is 1.12 bits per heavy atom. The maximum absolute atomic E-state index is 12.8. The molecule has 1 aromatic heterocycles. The zero-order valence-corrected chi connectivity index (χ0v) is 19.5. The van der Waals surface area contributed by atoms with Crippen molar-refractivity contribution in [1.29, 1.82) is 0 Å². The fraction of sp³-hybridized carbons (Fsp3) is 0.333. The van der Waals surface area contributed by atoms with E-state index in [1.54, 1.807) is 24.1 Å². The number of nitro benzene ring substituents is 1. The van der Waals surface area contributed by atoms with Crippen molar-refractivity contribution < 1.29 is 19.2 Å². The third kappa shape index (κ3) is 5.70. The van der Waals surface area contributed by atoms with Gasteiger partial charge in [0.25, 0.3) is 11.6 Å². The minimum Gasteiger partial charge on any atom is -0.383 e. The van der Waals surface area contributed by atoms with Crippen molar-refractivity contribution >= 4 is 39.8 Å². The summed E-state index contributed by atoms with van der Waals surface area (Å²) in [4.78, 5) is 37.9. The highest BCUT2D eigenvalue weighted by Gasteiger charge is 2.18. The number of anilines is 2. The van der Waals surface area contributed by atoms with Gasteiger partial charge in [-0.2, -0.15) is 0 Å². The molecule has 10 nitrogen and oxygen atoms in total. The van der Waals surface area contributed by atoms with Gasteiger partial charge in [0.15, 0.2) is 0 Å². The van der Waals surface area contributed by atoms with Gasteiger partial charge in [-0.25, -0.2) is 0 Å². The number of amides is 2. The number of benzene rings is 2. The van der Waals surface area contributed by atoms with Gasteiger partial charge in [0.2, 0.25) is 5.91 Å². The number of likely N-dealkylation sites (N-methyl/N-ethyl adjacent to an activating group) is 1. The van der Waals surface area contributed by atoms with E-state index < -0.39 is 10.8 Å². The van der Waals surface area contributed by atoms with E-state index in [0.717, 1.165) is 10.9 Å². The van der Waals surface area contributed by atoms with Gasteiger partial charge in [0.05, 0.1) is 11.5 Å². The molecule has 0 radical (unpaired) electrons. The van der Waals surface area contributed by atoms with Gasteiger partial charge in [-0.15, -0.1) is 0 Å². The van der Waals surface area contributed by atoms with Crippen LogP contribution >= 0.6 is 0 Å². The van der Waals surface area contributed by atoms with E-state index in [0.29, 0.717) is 37.6 Å². The van der Waals surface area contributed by atoms with Crippen LogP contribution in [0.2, 0.25) is 0 Å². The molecule has 2 aromatic carbocycles. The number of rotatable bonds is 11. The van der Waals surface area contributed by atoms with Crippen LogP contribution in [-0.2, 0) is 16.1 Å². The van der Waals surface area contributed by atoms with Gasteiger partial charge in [-0.1, -0.05) is 0 Å². The monoisotopic (exact) mass is 467 g/mol. The third-order valence-electron chi connectivity index (χ3n) is 5.53. The number of hydrogen-bond donors (Lipinski definition) is 2. The van der Waals surface area contributed by atoms with E-state index in [1.807, 2.05) is 36.7 Å². The minimum atomic E-state index is -0.528. The summed E-state index contributed by atoms with van der Waals surface area (Å²) in [5, 5.41) is 18.1. The Morgan fingerprint density at radius 2 is 1.88 bits per heavy atom. The summed E-state index contributed by atoms with van der Waals surface area (Å²) < 4.78 is 6.82. The average molecular weight is 468 g/mol. The molecule has 0 saturated heterocycles. The lowest BCUT2D eigenvalue weighted by Gasteiger charge is -2.19. The lowest BCUT2D eigenvalue weighted by Crippen LogP contribution is -2.33. The summed E-state index contributed by atoms with van der Waals surface area (Å²) in [6.45, 7) is 6.26. The molecular formula is C24H29N5O5. The van der Waals surface area contributed by atoms with Crippen molar-refractivity contribution in [3.8, 4) is 0 Å². The molecule has 0 aliphatic heterocycles. The Bertz CT molecular complexity index is 1190. The number of ether oxygens (including phenoxy) is 1. The summed E-state index contributed by atoms with van der Waals surface area (Å²) in [5.74, 6) is -0.413. The number of hydrogen-bond acceptors (Lipinski definition) is 6. The Labute approximate surface area is 197 Å². The van der Waals surface area contributed by atoms with E-state index in [-0.39, 0.29) is 23.7 Å². The first-order valence-corrected chi connectivity index (χ1v) is 11.1. The van der Waals surface area contributed by atoms with Crippen LogP contribution in [0.1, 0.15) is 24.2 Å². The van der Waals surface area contributed by atoms with Crippen molar-refractivity contribution in [1.82, 2.24) is 9.47 Å². The number of aromatic nitrogens is 1. The van der Waals surface area contributed by atoms with Gasteiger partial charge >= 0.3 is 0 Å². The van der Waals surface area contributed by atoms with Gasteiger partial charge in [0, 0.05) is 61.2 Å². The highest BCUT2D eigenvalue weighted by Crippen LogP contribution is 2.26. The van der Waals surface area contributed by atoms with E-state index in [4.69, 9.17) is 4.74 Å². The molecular weight excluding hydrogens is 438 g/mol. The second-order valence-corrected chi connectivity index (χ2v) is 7.65. The standard InChI is InChI=1S/C24H29N5O5/c1-4-27(5-2)23(30)16-28-12-10-17-14-19(7-9-21(17)28)26-24(31)18-6-8-20(25-11-13-34-3)22(15-18)29(32)33/h6-10,12,14-15,25H,4-5,11,13,16H2,1-3H3,(H,26,31). The van der Waals surface area contributed by atoms with Crippen LogP contribution in [0.4, 0.5) is 17.1 Å². The van der Waals surface area contributed by atoms with Gasteiger partial charge in [-0.05, 0) is 50.2 Å². The number of carbonyl (C=O) groups excluding carboxylic acids is 2. The maximum Gasteiger partial charge on any atom is 0.293 e. The first-order chi connectivity index (χ1) is 16.4. The predicted octanol–water partition coefficient (Wildman–Crippen LogP) is 3.73. The van der Waals surface area contributed by atoms with Crippen molar-refractivity contribution in [2.75, 3.05) is 44.0 Å². The SMILES string of the molecule is CCN(CC)C(=O)Cn1ccc2cc(NC(=O)c3ccc(NCCOC)c([N+](=O)[O-])c3)ccc21. The maximum atomic E-state index is 12.8. The van der Waals surface area contributed by atoms with Gasteiger partial charge in [0.1, 0.15) is 12.2 Å². The Hall–Kier alpha value is -3.92. The number of nitrogens with zero attached hydrogens (tertiary/aromatic N) is 3. The molecule has 180 valence electrons. The molecule has 3 aromatic rings. The zero-order valence-electron chi connectivity index (χ0n) is 19.5. The lowest BCUT2D eigenvalue weighted by molar-refractivity contribution is -0.384. The first kappa shape index (κ1) is 24.7. The molecule has 34 heavy (non-hydrogen) atoms. The van der Waals surface area contributed by atoms with Crippen LogP contribution in [0.5, 0.6) is 0 Å². The molecule has 0 atom stereocenters. The Kier molecular flexibility index (Phi) is 8.20. The lowest BCUT2D eigenvalue weighted by atomic mass is 10.1. The van der Waals surface area contributed by atoms with Crippen molar-refractivity contribution in [3.05, 3.63) is 64.3 Å². The fourth-order valence-electron chi connectivity index (χ4n) is 3.70. The van der Waals surface area contributed by atoms with E-state index in [2.05, 4.69) is 10.6 Å². The topological polar surface area (TPSA) is 119 Å². The molecule has 0 unspecified atom stereocenters. The number of carbonyl (C=O) groups is 2. The molecule has 3 rings (SSSR count). The molecule has 0 saturated carbocycles. The molecule has 10 heteroatoms. The molecule has 0 bridgehead atoms. The third-order valence-corrected chi connectivity index (χ3v) is 5.53. The first-order valence-electron chi connectivity index (χ1n) is 11.1. The molecule has 1 heterocycles. The smallest absolute Gasteiger partial charge is 0.293 e. The fourth-order valence-corrected chi connectivity index (χ4v) is 3.70. The number of nitro groups is 1. The summed E-state index contributed by atoms with van der Waals surface area (Å²) >= 11 is 0. The average Bonchev–Trinajstić information content (AvgIpc) is 3.21. The van der Waals surface area contributed by atoms with Crippen LogP contribution in [0.25, 0.3) is 10.9 Å². The number of fused-ring (bicyclic) bond motifs is 1. The molecule has 0 fully saturated rings. The van der Waals surface area contributed by atoms with Crippen LogP contribution in [0, 0.1) is 10.1 Å². The molecule has 2 N–H and O–H groups in total. The second-order valence-electron chi connectivity index (χ2n) is 7.65. The zero-order chi connectivity index (χ0) is 24.7. The molecule has 0 aliphatic carbocycles. The summed E-state index contributed by atoms with van der Waals surface area (Å²) in [7, 11) is 1.54.